The summed E-state index contributed by atoms with van der Waals surface area (Å²) in [5.74, 6) is -0.817. The fraction of sp³-hybridized carbons (Fsp3) is 0.200. The summed E-state index contributed by atoms with van der Waals surface area (Å²) in [4.78, 5) is 30.0. The van der Waals surface area contributed by atoms with Crippen molar-refractivity contribution >= 4 is 17.5 Å². The molecule has 30 heavy (non-hydrogen) atoms. The Morgan fingerprint density at radius 1 is 0.767 bits per heavy atom. The zero-order valence-corrected chi connectivity index (χ0v) is 17.5. The summed E-state index contributed by atoms with van der Waals surface area (Å²) in [7, 11) is 3.78. The molecule has 1 unspecified atom stereocenters. The highest BCUT2D eigenvalue weighted by atomic mass is 16.2. The van der Waals surface area contributed by atoms with E-state index in [0.29, 0.717) is 11.1 Å². The van der Waals surface area contributed by atoms with E-state index < -0.39 is 11.9 Å². The first-order chi connectivity index (χ1) is 14.4. The third-order valence-corrected chi connectivity index (χ3v) is 5.21. The molecular weight excluding hydrogens is 374 g/mol. The number of anilines is 1. The summed E-state index contributed by atoms with van der Waals surface area (Å²) in [6, 6.07) is 25.0. The zero-order valence-electron chi connectivity index (χ0n) is 17.5. The van der Waals surface area contributed by atoms with Gasteiger partial charge in [-0.1, -0.05) is 72.8 Å². The lowest BCUT2D eigenvalue weighted by Gasteiger charge is -2.36. The smallest absolute Gasteiger partial charge is 0.257 e. The minimum Gasteiger partial charge on any atom is -0.377 e. The number of benzene rings is 3. The maximum Gasteiger partial charge on any atom is 0.257 e. The van der Waals surface area contributed by atoms with E-state index in [0.717, 1.165) is 11.3 Å². The number of amides is 2. The van der Waals surface area contributed by atoms with Crippen molar-refractivity contribution in [3.63, 3.8) is 0 Å². The number of hydrogen-bond donors (Lipinski definition) is 1. The molecule has 2 atom stereocenters. The second-order valence-electron chi connectivity index (χ2n) is 7.43. The second kappa shape index (κ2) is 9.27. The fourth-order valence-corrected chi connectivity index (χ4v) is 3.69. The lowest BCUT2D eigenvalue weighted by molar-refractivity contribution is -0.123. The molecule has 0 aliphatic carbocycles. The molecule has 0 aliphatic rings. The first-order valence-corrected chi connectivity index (χ1v) is 9.90. The van der Waals surface area contributed by atoms with Crippen molar-refractivity contribution in [2.75, 3.05) is 19.0 Å². The molecule has 3 aromatic rings. The van der Waals surface area contributed by atoms with Crippen LogP contribution in [-0.2, 0) is 4.79 Å². The van der Waals surface area contributed by atoms with Crippen molar-refractivity contribution < 1.29 is 9.59 Å². The monoisotopic (exact) mass is 401 g/mol. The molecule has 0 bridgehead atoms. The van der Waals surface area contributed by atoms with Crippen LogP contribution in [0.25, 0.3) is 0 Å². The number of rotatable bonds is 7. The predicted octanol–water partition coefficient (Wildman–Crippen LogP) is 4.18. The highest BCUT2D eigenvalue weighted by molar-refractivity contribution is 6.02. The minimum atomic E-state index is -0.899. The first kappa shape index (κ1) is 21.1. The minimum absolute atomic E-state index is 0.247. The molecule has 5 nitrogen and oxygen atoms in total. The Kier molecular flexibility index (Phi) is 6.52. The second-order valence-corrected chi connectivity index (χ2v) is 7.43. The van der Waals surface area contributed by atoms with Crippen LogP contribution in [0.2, 0.25) is 0 Å². The third-order valence-electron chi connectivity index (χ3n) is 5.21. The van der Waals surface area contributed by atoms with Crippen LogP contribution in [0.15, 0.2) is 84.9 Å². The quantitative estimate of drug-likeness (QED) is 0.646. The van der Waals surface area contributed by atoms with Gasteiger partial charge in [0.2, 0.25) is 5.91 Å². The van der Waals surface area contributed by atoms with Crippen molar-refractivity contribution in [3.05, 3.63) is 102 Å². The topological polar surface area (TPSA) is 66.6 Å². The van der Waals surface area contributed by atoms with Crippen LogP contribution in [-0.4, -0.2) is 30.8 Å². The Bertz CT molecular complexity index is 1000. The Balaban J connectivity index is 2.17. The van der Waals surface area contributed by atoms with E-state index >= 15 is 0 Å². The molecule has 2 N–H and O–H groups in total. The summed E-state index contributed by atoms with van der Waals surface area (Å²) in [6.45, 7) is 1.92. The molecule has 154 valence electrons. The van der Waals surface area contributed by atoms with E-state index in [4.69, 9.17) is 5.73 Å². The van der Waals surface area contributed by atoms with Crippen LogP contribution in [0.3, 0.4) is 0 Å². The molecule has 0 heterocycles. The number of carbonyl (C=O) groups excluding carboxylic acids is 2. The lowest BCUT2D eigenvalue weighted by atomic mass is 9.97. The van der Waals surface area contributed by atoms with Gasteiger partial charge in [-0.2, -0.15) is 0 Å². The molecule has 3 rings (SSSR count). The van der Waals surface area contributed by atoms with Crippen LogP contribution < -0.4 is 10.6 Å². The summed E-state index contributed by atoms with van der Waals surface area (Å²) >= 11 is 0. The third kappa shape index (κ3) is 4.35. The molecule has 0 fully saturated rings. The number of primary amides is 1. The molecule has 0 radical (unpaired) electrons. The Hall–Kier alpha value is -3.60. The van der Waals surface area contributed by atoms with E-state index in [1.807, 2.05) is 105 Å². The molecule has 0 saturated carbocycles. The van der Waals surface area contributed by atoms with Crippen molar-refractivity contribution in [1.82, 2.24) is 4.90 Å². The first-order valence-electron chi connectivity index (χ1n) is 9.90. The number of para-hydroxylation sites is 1. The van der Waals surface area contributed by atoms with Gasteiger partial charge in [-0.15, -0.1) is 0 Å². The average molecular weight is 402 g/mol. The van der Waals surface area contributed by atoms with Crippen molar-refractivity contribution in [1.29, 1.82) is 0 Å². The van der Waals surface area contributed by atoms with Crippen molar-refractivity contribution in [3.8, 4) is 0 Å². The van der Waals surface area contributed by atoms with Gasteiger partial charge in [0.05, 0.1) is 11.6 Å². The van der Waals surface area contributed by atoms with Gasteiger partial charge < -0.3 is 15.5 Å². The van der Waals surface area contributed by atoms with Crippen molar-refractivity contribution in [2.24, 2.45) is 5.73 Å². The van der Waals surface area contributed by atoms with Gasteiger partial charge in [0.1, 0.15) is 6.04 Å². The maximum atomic E-state index is 13.9. The largest absolute Gasteiger partial charge is 0.377 e. The van der Waals surface area contributed by atoms with Gasteiger partial charge in [0, 0.05) is 19.8 Å². The van der Waals surface area contributed by atoms with E-state index in [1.165, 1.54) is 0 Å². The van der Waals surface area contributed by atoms with Gasteiger partial charge in [0.25, 0.3) is 5.91 Å². The van der Waals surface area contributed by atoms with Gasteiger partial charge >= 0.3 is 0 Å². The van der Waals surface area contributed by atoms with Gasteiger partial charge in [-0.05, 0) is 30.2 Å². The Labute approximate surface area is 177 Å². The van der Waals surface area contributed by atoms with Gasteiger partial charge in [-0.25, -0.2) is 0 Å². The number of carbonyl (C=O) groups is 2. The van der Waals surface area contributed by atoms with Crippen LogP contribution in [0.1, 0.15) is 40.5 Å². The molecule has 2 amide bonds. The molecule has 0 aromatic heterocycles. The number of hydrogen-bond acceptors (Lipinski definition) is 3. The summed E-state index contributed by atoms with van der Waals surface area (Å²) in [6.07, 6.45) is 0. The summed E-state index contributed by atoms with van der Waals surface area (Å²) in [5, 5.41) is 0. The average Bonchev–Trinajstić information content (AvgIpc) is 2.77. The standard InChI is InChI=1S/C25H27N3O2/c1-18(19-12-6-4-7-13-19)28(23(24(26)29)20-14-8-5-9-15-20)25(30)21-16-10-11-17-22(21)27(2)3/h4-18,23H,1-3H3,(H2,26,29)/t18-,23?/m1/s1. The fourth-order valence-electron chi connectivity index (χ4n) is 3.69. The van der Waals surface area contributed by atoms with Crippen LogP contribution in [0.5, 0.6) is 0 Å². The van der Waals surface area contributed by atoms with Crippen LogP contribution >= 0.6 is 0 Å². The molecule has 0 aliphatic heterocycles. The van der Waals surface area contributed by atoms with E-state index in [2.05, 4.69) is 0 Å². The molecule has 5 heteroatoms. The number of nitrogens with two attached hydrogens (primary N) is 1. The SMILES string of the molecule is C[C@H](c1ccccc1)N(C(=O)c1ccccc1N(C)C)C(C(N)=O)c1ccccc1. The van der Waals surface area contributed by atoms with Crippen molar-refractivity contribution in [2.45, 2.75) is 19.0 Å². The molecule has 0 spiro atoms. The van der Waals surface area contributed by atoms with Crippen LogP contribution in [0.4, 0.5) is 5.69 Å². The summed E-state index contributed by atoms with van der Waals surface area (Å²) < 4.78 is 0. The Morgan fingerprint density at radius 2 is 1.27 bits per heavy atom. The van der Waals surface area contributed by atoms with Gasteiger partial charge in [-0.3, -0.25) is 9.59 Å². The highest BCUT2D eigenvalue weighted by Crippen LogP contribution is 2.34. The van der Waals surface area contributed by atoms with Crippen LogP contribution in [0, 0.1) is 0 Å². The van der Waals surface area contributed by atoms with Gasteiger partial charge in [0.15, 0.2) is 0 Å². The van der Waals surface area contributed by atoms with E-state index in [-0.39, 0.29) is 11.9 Å². The van der Waals surface area contributed by atoms with E-state index in [1.54, 1.807) is 11.0 Å². The molecule has 0 saturated heterocycles. The normalized spacial score (nSPS) is 12.6. The summed E-state index contributed by atoms with van der Waals surface area (Å²) in [5.41, 5.74) is 8.77. The highest BCUT2D eigenvalue weighted by Gasteiger charge is 2.35. The molecular formula is C25H27N3O2. The zero-order chi connectivity index (χ0) is 21.7. The number of nitrogens with zero attached hydrogens (tertiary/aromatic N) is 2. The Morgan fingerprint density at radius 3 is 1.80 bits per heavy atom. The van der Waals surface area contributed by atoms with E-state index in [9.17, 15) is 9.59 Å². The predicted molar refractivity (Wildman–Crippen MR) is 120 cm³/mol. The maximum absolute atomic E-state index is 13.9. The molecule has 3 aromatic carbocycles. The lowest BCUT2D eigenvalue weighted by Crippen LogP contribution is -2.43.